The molecule has 1 aromatic carbocycles. The van der Waals surface area contributed by atoms with E-state index in [9.17, 15) is 8.78 Å². The molecule has 62 valence electrons. The Morgan fingerprint density at radius 3 is 2.33 bits per heavy atom. The van der Waals surface area contributed by atoms with Crippen molar-refractivity contribution in [3.8, 4) is 0 Å². The monoisotopic (exact) mass is 304 g/mol. The van der Waals surface area contributed by atoms with Gasteiger partial charge in [-0.25, -0.2) is 0 Å². The first-order chi connectivity index (χ1) is 5.16. The summed E-state index contributed by atoms with van der Waals surface area (Å²) in [5, 5.41) is 0.438. The number of hydrogen-bond donors (Lipinski definition) is 0. The minimum absolute atomic E-state index is 0. The first-order valence-electron chi connectivity index (χ1n) is 3.08. The zero-order chi connectivity index (χ0) is 8.43. The molecule has 12 heavy (non-hydrogen) atoms. The normalized spacial score (nSPS) is 9.42. The molecule has 0 heterocycles. The Balaban J connectivity index is 0.00000121. The molecule has 0 spiro atoms. The number of benzene rings is 1. The zero-order valence-corrected chi connectivity index (χ0v) is 11.4. The minimum Gasteiger partial charge on any atom is -1.00 e. The van der Waals surface area contributed by atoms with E-state index < -0.39 is 11.6 Å². The van der Waals surface area contributed by atoms with Crippen LogP contribution in [-0.2, 0) is 23.3 Å². The van der Waals surface area contributed by atoms with E-state index in [1.54, 1.807) is 0 Å². The van der Waals surface area contributed by atoms with E-state index in [2.05, 4.69) is 0 Å². The molecule has 0 aromatic heterocycles. The van der Waals surface area contributed by atoms with Crippen LogP contribution in [0.2, 0.25) is 5.02 Å². The van der Waals surface area contributed by atoms with Gasteiger partial charge in [0.25, 0.3) is 0 Å². The molecule has 0 nitrogen and oxygen atoms in total. The van der Waals surface area contributed by atoms with Crippen LogP contribution in [0, 0.1) is 11.6 Å². The van der Waals surface area contributed by atoms with Crippen molar-refractivity contribution in [2.75, 3.05) is 0 Å². The molecule has 0 aliphatic rings. The van der Waals surface area contributed by atoms with Gasteiger partial charge in [0.05, 0.1) is 0 Å². The second-order valence-corrected chi connectivity index (χ2v) is 3.53. The summed E-state index contributed by atoms with van der Waals surface area (Å²) in [5.74, 6) is -1.11. The molecular formula is C7H4BrClF2Zn. The first kappa shape index (κ1) is 12.5. The average molecular weight is 307 g/mol. The van der Waals surface area contributed by atoms with Gasteiger partial charge in [-0.2, -0.15) is 0 Å². The average Bonchev–Trinajstić information content (AvgIpc) is 1.99. The number of halogens is 4. The van der Waals surface area contributed by atoms with Gasteiger partial charge in [-0.15, -0.1) is 0 Å². The zero-order valence-electron chi connectivity index (χ0n) is 6.08. The van der Waals surface area contributed by atoms with E-state index in [1.807, 2.05) is 0 Å². The largest absolute Gasteiger partial charge is 1.00 e. The summed E-state index contributed by atoms with van der Waals surface area (Å²) in [6.45, 7) is 0. The molecule has 0 saturated heterocycles. The molecule has 0 aliphatic carbocycles. The van der Waals surface area contributed by atoms with E-state index in [0.717, 1.165) is 18.3 Å². The Hall–Kier alpha value is 0.473. The Labute approximate surface area is 94.7 Å². The fraction of sp³-hybridized carbons (Fsp3) is 0.143. The van der Waals surface area contributed by atoms with Crippen molar-refractivity contribution in [1.82, 2.24) is 0 Å². The van der Waals surface area contributed by atoms with Crippen molar-refractivity contribution < 1.29 is 44.1 Å². The third-order valence-corrected chi connectivity index (χ3v) is 2.73. The van der Waals surface area contributed by atoms with Crippen LogP contribution in [0.1, 0.15) is 5.56 Å². The van der Waals surface area contributed by atoms with Crippen LogP contribution < -0.4 is 17.0 Å². The number of rotatable bonds is 1. The molecule has 0 saturated carbocycles. The first-order valence-corrected chi connectivity index (χ1v) is 5.56. The standard InChI is InChI=1S/C7H4ClF2.BrH.Zn/c1-4-6(9)3-2-5(8)7(4)10;;/h2-3H,1H2;1H;/q;;+1/p-1. The molecule has 1 aromatic rings. The summed E-state index contributed by atoms with van der Waals surface area (Å²) < 4.78 is 25.7. The van der Waals surface area contributed by atoms with Crippen LogP contribution >= 0.6 is 11.6 Å². The Morgan fingerprint density at radius 1 is 1.33 bits per heavy atom. The Kier molecular flexibility index (Phi) is 5.46. The smallest absolute Gasteiger partial charge is 1.00 e. The molecule has 0 unspecified atom stereocenters. The molecule has 0 radical (unpaired) electrons. The van der Waals surface area contributed by atoms with E-state index in [0.29, 0.717) is 5.02 Å². The minimum atomic E-state index is -0.613. The van der Waals surface area contributed by atoms with Crippen molar-refractivity contribution in [3.63, 3.8) is 0 Å². The van der Waals surface area contributed by atoms with Crippen LogP contribution in [0.3, 0.4) is 0 Å². The molecule has 5 heteroatoms. The van der Waals surface area contributed by atoms with Crippen molar-refractivity contribution in [2.45, 2.75) is 5.02 Å². The molecular weight excluding hydrogens is 303 g/mol. The van der Waals surface area contributed by atoms with Gasteiger partial charge in [0.2, 0.25) is 0 Å². The van der Waals surface area contributed by atoms with Gasteiger partial charge >= 0.3 is 78.1 Å². The fourth-order valence-electron chi connectivity index (χ4n) is 0.798. The molecule has 1 rings (SSSR count). The predicted molar refractivity (Wildman–Crippen MR) is 35.1 cm³/mol. The molecule has 0 atom stereocenters. The van der Waals surface area contributed by atoms with Gasteiger partial charge in [-0.05, 0) is 0 Å². The molecule has 0 N–H and O–H groups in total. The van der Waals surface area contributed by atoms with Crippen LogP contribution in [0.25, 0.3) is 0 Å². The van der Waals surface area contributed by atoms with Crippen LogP contribution in [-0.4, -0.2) is 0 Å². The van der Waals surface area contributed by atoms with Crippen molar-refractivity contribution in [2.24, 2.45) is 0 Å². The van der Waals surface area contributed by atoms with Crippen LogP contribution in [0.4, 0.5) is 8.78 Å². The fourth-order valence-corrected chi connectivity index (χ4v) is 1.94. The van der Waals surface area contributed by atoms with Crippen LogP contribution in [0.15, 0.2) is 12.1 Å². The topological polar surface area (TPSA) is 0 Å². The maximum absolute atomic E-state index is 12.9. The van der Waals surface area contributed by atoms with Crippen LogP contribution in [0.5, 0.6) is 0 Å². The summed E-state index contributed by atoms with van der Waals surface area (Å²) in [6.07, 6.45) is 0. The van der Waals surface area contributed by atoms with Crippen molar-refractivity contribution in [1.29, 1.82) is 0 Å². The van der Waals surface area contributed by atoms with Crippen molar-refractivity contribution >= 4 is 11.6 Å². The quantitative estimate of drug-likeness (QED) is 0.492. The van der Waals surface area contributed by atoms with Gasteiger partial charge < -0.3 is 17.0 Å². The van der Waals surface area contributed by atoms with E-state index >= 15 is 0 Å². The SMILES string of the molecule is Fc1ccc(Cl)c(F)c1[CH2][Zn+].[Br-]. The Bertz CT molecular complexity index is 280. The Morgan fingerprint density at radius 2 is 1.92 bits per heavy atom. The summed E-state index contributed by atoms with van der Waals surface area (Å²) in [6, 6.07) is 2.42. The third-order valence-electron chi connectivity index (χ3n) is 1.39. The van der Waals surface area contributed by atoms with Gasteiger partial charge in [0, 0.05) is 0 Å². The van der Waals surface area contributed by atoms with Crippen molar-refractivity contribution in [3.05, 3.63) is 34.4 Å². The van der Waals surface area contributed by atoms with Gasteiger partial charge in [-0.1, -0.05) is 0 Å². The second kappa shape index (κ2) is 5.26. The van der Waals surface area contributed by atoms with Gasteiger partial charge in [0.1, 0.15) is 0 Å². The summed E-state index contributed by atoms with van der Waals surface area (Å²) in [5.41, 5.74) is 0.109. The van der Waals surface area contributed by atoms with E-state index in [1.165, 1.54) is 12.1 Å². The summed E-state index contributed by atoms with van der Waals surface area (Å²) in [7, 11) is 0. The van der Waals surface area contributed by atoms with Gasteiger partial charge in [-0.3, -0.25) is 0 Å². The summed E-state index contributed by atoms with van der Waals surface area (Å²) >= 11 is 6.26. The van der Waals surface area contributed by atoms with E-state index in [-0.39, 0.29) is 27.6 Å². The molecule has 0 fully saturated rings. The predicted octanol–water partition coefficient (Wildman–Crippen LogP) is -0.331. The molecule has 0 bridgehead atoms. The van der Waals surface area contributed by atoms with Gasteiger partial charge in [0.15, 0.2) is 0 Å². The second-order valence-electron chi connectivity index (χ2n) is 2.07. The maximum Gasteiger partial charge on any atom is -1.00 e. The maximum atomic E-state index is 12.9. The molecule has 0 aliphatic heterocycles. The number of hydrogen-bond acceptors (Lipinski definition) is 0. The van der Waals surface area contributed by atoms with E-state index in [4.69, 9.17) is 11.6 Å². The third kappa shape index (κ3) is 2.48. The summed E-state index contributed by atoms with van der Waals surface area (Å²) in [4.78, 5) is 0. The molecule has 0 amide bonds.